The van der Waals surface area contributed by atoms with Crippen molar-refractivity contribution in [2.45, 2.75) is 46.0 Å². The van der Waals surface area contributed by atoms with Crippen LogP contribution in [-0.2, 0) is 0 Å². The lowest BCUT2D eigenvalue weighted by Gasteiger charge is -2.31. The highest BCUT2D eigenvalue weighted by Crippen LogP contribution is 2.20. The van der Waals surface area contributed by atoms with Gasteiger partial charge < -0.3 is 9.80 Å². The summed E-state index contributed by atoms with van der Waals surface area (Å²) in [5.74, 6) is 0. The van der Waals surface area contributed by atoms with Crippen LogP contribution in [0.15, 0.2) is 11.8 Å². The second kappa shape index (κ2) is 8.99. The summed E-state index contributed by atoms with van der Waals surface area (Å²) < 4.78 is 0. The molecule has 0 atom stereocenters. The van der Waals surface area contributed by atoms with E-state index in [0.29, 0.717) is 6.42 Å². The highest BCUT2D eigenvalue weighted by molar-refractivity contribution is 5.05. The van der Waals surface area contributed by atoms with Crippen LogP contribution >= 0.6 is 0 Å². The number of nitrogens with zero attached hydrogens (tertiary/aromatic N) is 3. The molecule has 0 aromatic rings. The van der Waals surface area contributed by atoms with Crippen LogP contribution in [0.5, 0.6) is 0 Å². The van der Waals surface area contributed by atoms with Crippen molar-refractivity contribution in [3.8, 4) is 6.07 Å². The molecule has 0 radical (unpaired) electrons. The number of allylic oxidation sites excluding steroid dienone is 2. The minimum Gasteiger partial charge on any atom is -0.373 e. The Morgan fingerprint density at radius 3 is 2.50 bits per heavy atom. The van der Waals surface area contributed by atoms with Crippen LogP contribution in [0, 0.1) is 11.3 Å². The highest BCUT2D eigenvalue weighted by Gasteiger charge is 2.12. The third kappa shape index (κ3) is 5.10. The van der Waals surface area contributed by atoms with Crippen molar-refractivity contribution in [1.29, 1.82) is 5.26 Å². The molecule has 0 fully saturated rings. The maximum atomic E-state index is 8.78. The quantitative estimate of drug-likeness (QED) is 0.662. The summed E-state index contributed by atoms with van der Waals surface area (Å²) in [5, 5.41) is 8.78. The average molecular weight is 249 g/mol. The molecule has 18 heavy (non-hydrogen) atoms. The average Bonchev–Trinajstić information content (AvgIpc) is 2.44. The number of likely N-dealkylation sites (N-methyl/N-ethyl adjacent to an activating group) is 1. The molecule has 0 spiro atoms. The molecule has 0 aromatic heterocycles. The second-order valence-corrected chi connectivity index (χ2v) is 4.86. The number of nitriles is 1. The maximum Gasteiger partial charge on any atom is 0.0640 e. The van der Waals surface area contributed by atoms with E-state index in [4.69, 9.17) is 5.26 Å². The number of rotatable bonds is 8. The van der Waals surface area contributed by atoms with Crippen LogP contribution in [0.25, 0.3) is 0 Å². The zero-order valence-corrected chi connectivity index (χ0v) is 12.0. The molecule has 0 bridgehead atoms. The fourth-order valence-corrected chi connectivity index (χ4v) is 2.49. The Morgan fingerprint density at radius 2 is 1.94 bits per heavy atom. The molecule has 1 aliphatic rings. The van der Waals surface area contributed by atoms with Crippen molar-refractivity contribution < 1.29 is 0 Å². The van der Waals surface area contributed by atoms with Gasteiger partial charge in [-0.15, -0.1) is 0 Å². The lowest BCUT2D eigenvalue weighted by Crippen LogP contribution is -2.35. The van der Waals surface area contributed by atoms with Crippen molar-refractivity contribution >= 4 is 0 Å². The molecule has 102 valence electrons. The molecule has 3 heteroatoms. The first-order valence-corrected chi connectivity index (χ1v) is 7.35. The monoisotopic (exact) mass is 249 g/mol. The Kier molecular flexibility index (Phi) is 7.52. The topological polar surface area (TPSA) is 30.3 Å². The Balaban J connectivity index is 2.49. The van der Waals surface area contributed by atoms with Crippen LogP contribution in [0.3, 0.4) is 0 Å². The molecule has 3 nitrogen and oxygen atoms in total. The summed E-state index contributed by atoms with van der Waals surface area (Å²) in [6.45, 7) is 9.71. The summed E-state index contributed by atoms with van der Waals surface area (Å²) in [6, 6.07) is 2.27. The van der Waals surface area contributed by atoms with Crippen molar-refractivity contribution in [3.63, 3.8) is 0 Å². The van der Waals surface area contributed by atoms with E-state index in [1.54, 1.807) is 0 Å². The van der Waals surface area contributed by atoms with E-state index in [0.717, 1.165) is 32.7 Å². The molecule has 0 aliphatic heterocycles. The summed E-state index contributed by atoms with van der Waals surface area (Å²) in [4.78, 5) is 4.88. The molecule has 1 aliphatic carbocycles. The van der Waals surface area contributed by atoms with Gasteiger partial charge in [0.15, 0.2) is 0 Å². The van der Waals surface area contributed by atoms with Crippen molar-refractivity contribution in [2.24, 2.45) is 0 Å². The van der Waals surface area contributed by atoms with Gasteiger partial charge in [-0.25, -0.2) is 0 Å². The summed E-state index contributed by atoms with van der Waals surface area (Å²) in [6.07, 6.45) is 8.05. The van der Waals surface area contributed by atoms with Gasteiger partial charge in [-0.05, 0) is 38.8 Å². The Bertz CT molecular complexity index is 287. The SMILES string of the molecule is CCN(CC)CCN(CCC#N)C1=CCCCC1. The maximum absolute atomic E-state index is 8.78. The first-order valence-electron chi connectivity index (χ1n) is 7.35. The van der Waals surface area contributed by atoms with Crippen molar-refractivity contribution in [3.05, 3.63) is 11.8 Å². The van der Waals surface area contributed by atoms with Gasteiger partial charge >= 0.3 is 0 Å². The predicted molar refractivity (Wildman–Crippen MR) is 76.1 cm³/mol. The van der Waals surface area contributed by atoms with E-state index in [-0.39, 0.29) is 0 Å². The minimum absolute atomic E-state index is 0.635. The zero-order valence-electron chi connectivity index (χ0n) is 12.0. The molecule has 0 unspecified atom stereocenters. The molecule has 1 rings (SSSR count). The number of hydrogen-bond acceptors (Lipinski definition) is 3. The first-order chi connectivity index (χ1) is 8.81. The van der Waals surface area contributed by atoms with E-state index in [9.17, 15) is 0 Å². The van der Waals surface area contributed by atoms with E-state index in [1.807, 2.05) is 0 Å². The van der Waals surface area contributed by atoms with E-state index < -0.39 is 0 Å². The van der Waals surface area contributed by atoms with E-state index in [2.05, 4.69) is 35.8 Å². The summed E-state index contributed by atoms with van der Waals surface area (Å²) in [7, 11) is 0. The Labute approximate surface area is 112 Å². The third-order valence-corrected chi connectivity index (χ3v) is 3.75. The van der Waals surface area contributed by atoms with Gasteiger partial charge in [0.05, 0.1) is 12.5 Å². The van der Waals surface area contributed by atoms with Gasteiger partial charge in [0.1, 0.15) is 0 Å². The zero-order chi connectivity index (χ0) is 13.2. The third-order valence-electron chi connectivity index (χ3n) is 3.75. The molecule has 0 N–H and O–H groups in total. The standard InChI is InChI=1S/C15H27N3/c1-3-17(4-2)13-14-18(12-8-11-16)15-9-6-5-7-10-15/h9H,3-8,10,12-14H2,1-2H3. The van der Waals surface area contributed by atoms with Crippen LogP contribution in [0.1, 0.15) is 46.0 Å². The Hall–Kier alpha value is -1.01. The normalized spacial score (nSPS) is 15.3. The van der Waals surface area contributed by atoms with Gasteiger partial charge in [0.25, 0.3) is 0 Å². The van der Waals surface area contributed by atoms with Gasteiger partial charge in [0.2, 0.25) is 0 Å². The molecular formula is C15H27N3. The molecule has 0 aromatic carbocycles. The predicted octanol–water partition coefficient (Wildman–Crippen LogP) is 3.00. The second-order valence-electron chi connectivity index (χ2n) is 4.86. The van der Waals surface area contributed by atoms with E-state index in [1.165, 1.54) is 31.4 Å². The lowest BCUT2D eigenvalue weighted by atomic mass is 10.0. The largest absolute Gasteiger partial charge is 0.373 e. The van der Waals surface area contributed by atoms with Crippen LogP contribution < -0.4 is 0 Å². The van der Waals surface area contributed by atoms with E-state index >= 15 is 0 Å². The fraction of sp³-hybridized carbons (Fsp3) is 0.800. The highest BCUT2D eigenvalue weighted by atomic mass is 15.2. The molecule has 0 saturated carbocycles. The van der Waals surface area contributed by atoms with Crippen LogP contribution in [0.2, 0.25) is 0 Å². The van der Waals surface area contributed by atoms with Gasteiger partial charge in [-0.2, -0.15) is 5.26 Å². The summed E-state index contributed by atoms with van der Waals surface area (Å²) >= 11 is 0. The fourth-order valence-electron chi connectivity index (χ4n) is 2.49. The Morgan fingerprint density at radius 1 is 1.17 bits per heavy atom. The van der Waals surface area contributed by atoms with Crippen LogP contribution in [0.4, 0.5) is 0 Å². The summed E-state index contributed by atoms with van der Waals surface area (Å²) in [5.41, 5.74) is 1.48. The van der Waals surface area contributed by atoms with Crippen molar-refractivity contribution in [2.75, 3.05) is 32.7 Å². The van der Waals surface area contributed by atoms with Gasteiger partial charge in [-0.1, -0.05) is 19.9 Å². The van der Waals surface area contributed by atoms with Gasteiger partial charge in [-0.3, -0.25) is 0 Å². The lowest BCUT2D eigenvalue weighted by molar-refractivity contribution is 0.241. The van der Waals surface area contributed by atoms with Gasteiger partial charge in [0, 0.05) is 25.3 Å². The molecule has 0 saturated heterocycles. The molecule has 0 amide bonds. The van der Waals surface area contributed by atoms with Crippen LogP contribution in [-0.4, -0.2) is 42.5 Å². The van der Waals surface area contributed by atoms with Crippen molar-refractivity contribution in [1.82, 2.24) is 9.80 Å². The molecule has 0 heterocycles. The minimum atomic E-state index is 0.635. The first kappa shape index (κ1) is 15.0. The number of hydrogen-bond donors (Lipinski definition) is 0. The molecular weight excluding hydrogens is 222 g/mol. The smallest absolute Gasteiger partial charge is 0.0640 e.